The summed E-state index contributed by atoms with van der Waals surface area (Å²) in [4.78, 5) is 8.33. The van der Waals surface area contributed by atoms with Crippen molar-refractivity contribution >= 4 is 5.82 Å². The van der Waals surface area contributed by atoms with E-state index in [1.807, 2.05) is 38.1 Å². The van der Waals surface area contributed by atoms with Crippen LogP contribution in [0.15, 0.2) is 30.6 Å². The van der Waals surface area contributed by atoms with Crippen molar-refractivity contribution in [3.05, 3.63) is 36.2 Å². The van der Waals surface area contributed by atoms with E-state index in [0.717, 1.165) is 23.7 Å². The van der Waals surface area contributed by atoms with Crippen LogP contribution in [0.5, 0.6) is 17.4 Å². The van der Waals surface area contributed by atoms with E-state index in [9.17, 15) is 0 Å². The number of hydrogen-bond acceptors (Lipinski definition) is 5. The zero-order valence-electron chi connectivity index (χ0n) is 11.3. The van der Waals surface area contributed by atoms with Gasteiger partial charge in [-0.3, -0.25) is 0 Å². The van der Waals surface area contributed by atoms with Gasteiger partial charge in [-0.05, 0) is 26.0 Å². The molecule has 2 aromatic rings. The molecule has 0 bridgehead atoms. The number of nitrogens with zero attached hydrogens (tertiary/aromatic N) is 2. The minimum atomic E-state index is 0.541. The van der Waals surface area contributed by atoms with Gasteiger partial charge in [0.1, 0.15) is 23.6 Å². The molecule has 19 heavy (non-hydrogen) atoms. The average Bonchev–Trinajstić information content (AvgIpc) is 2.44. The van der Waals surface area contributed by atoms with Crippen LogP contribution in [0, 0.1) is 6.92 Å². The smallest absolute Gasteiger partial charge is 0.227 e. The highest BCUT2D eigenvalue weighted by molar-refractivity contribution is 5.48. The third-order valence-electron chi connectivity index (χ3n) is 2.64. The fourth-order valence-corrected chi connectivity index (χ4v) is 1.66. The zero-order valence-corrected chi connectivity index (χ0v) is 11.3. The van der Waals surface area contributed by atoms with E-state index in [1.54, 1.807) is 7.11 Å². The monoisotopic (exact) mass is 259 g/mol. The molecule has 0 saturated carbocycles. The molecule has 0 aliphatic carbocycles. The van der Waals surface area contributed by atoms with Gasteiger partial charge in [0.25, 0.3) is 0 Å². The van der Waals surface area contributed by atoms with Gasteiger partial charge < -0.3 is 14.8 Å². The molecule has 0 radical (unpaired) electrons. The lowest BCUT2D eigenvalue weighted by atomic mass is 10.3. The van der Waals surface area contributed by atoms with E-state index < -0.39 is 0 Å². The van der Waals surface area contributed by atoms with Crippen LogP contribution in [0.25, 0.3) is 0 Å². The van der Waals surface area contributed by atoms with Gasteiger partial charge in [0.05, 0.1) is 12.7 Å². The van der Waals surface area contributed by atoms with Gasteiger partial charge in [0.15, 0.2) is 0 Å². The first kappa shape index (κ1) is 13.1. The lowest BCUT2D eigenvalue weighted by Gasteiger charge is -2.11. The van der Waals surface area contributed by atoms with Crippen molar-refractivity contribution in [2.24, 2.45) is 0 Å². The number of aromatic nitrogens is 2. The summed E-state index contributed by atoms with van der Waals surface area (Å²) in [5.74, 6) is 2.76. The predicted molar refractivity (Wildman–Crippen MR) is 74.0 cm³/mol. The summed E-state index contributed by atoms with van der Waals surface area (Å²) in [5, 5.41) is 3.17. The Morgan fingerprint density at radius 2 is 2.00 bits per heavy atom. The summed E-state index contributed by atoms with van der Waals surface area (Å²) in [7, 11) is 1.62. The number of ether oxygens (including phenoxy) is 2. The Bertz CT molecular complexity index is 558. The van der Waals surface area contributed by atoms with Crippen molar-refractivity contribution in [2.45, 2.75) is 13.8 Å². The molecular formula is C14H17N3O2. The van der Waals surface area contributed by atoms with E-state index in [0.29, 0.717) is 11.6 Å². The van der Waals surface area contributed by atoms with Crippen molar-refractivity contribution in [2.75, 3.05) is 19.0 Å². The van der Waals surface area contributed by atoms with Crippen molar-refractivity contribution in [1.29, 1.82) is 0 Å². The van der Waals surface area contributed by atoms with Crippen molar-refractivity contribution < 1.29 is 9.47 Å². The minimum absolute atomic E-state index is 0.541. The van der Waals surface area contributed by atoms with E-state index in [1.165, 1.54) is 6.33 Å². The van der Waals surface area contributed by atoms with Crippen LogP contribution in [0.2, 0.25) is 0 Å². The van der Waals surface area contributed by atoms with Gasteiger partial charge in [-0.1, -0.05) is 6.07 Å². The molecule has 1 N–H and O–H groups in total. The van der Waals surface area contributed by atoms with E-state index in [2.05, 4.69) is 15.3 Å². The van der Waals surface area contributed by atoms with E-state index in [-0.39, 0.29) is 0 Å². The maximum absolute atomic E-state index is 5.77. The van der Waals surface area contributed by atoms with Crippen LogP contribution >= 0.6 is 0 Å². The highest BCUT2D eigenvalue weighted by atomic mass is 16.5. The van der Waals surface area contributed by atoms with Gasteiger partial charge in [-0.25, -0.2) is 9.97 Å². The first-order chi connectivity index (χ1) is 9.24. The molecular weight excluding hydrogens is 242 g/mol. The van der Waals surface area contributed by atoms with Gasteiger partial charge in [0, 0.05) is 12.6 Å². The maximum Gasteiger partial charge on any atom is 0.227 e. The summed E-state index contributed by atoms with van der Waals surface area (Å²) in [6.07, 6.45) is 1.49. The standard InChI is InChI=1S/C14H17N3O2/c1-4-15-13-10(2)14(17-9-16-13)19-12-7-5-6-11(8-12)18-3/h5-9H,4H2,1-3H3,(H,15,16,17). The third-order valence-corrected chi connectivity index (χ3v) is 2.64. The Balaban J connectivity index is 2.25. The second-order valence-corrected chi connectivity index (χ2v) is 3.96. The maximum atomic E-state index is 5.77. The molecule has 0 amide bonds. The molecule has 0 saturated heterocycles. The molecule has 5 nitrogen and oxygen atoms in total. The zero-order chi connectivity index (χ0) is 13.7. The van der Waals surface area contributed by atoms with E-state index >= 15 is 0 Å². The summed E-state index contributed by atoms with van der Waals surface area (Å²) in [5.41, 5.74) is 0.882. The lowest BCUT2D eigenvalue weighted by molar-refractivity contribution is 0.407. The van der Waals surface area contributed by atoms with Gasteiger partial charge in [0.2, 0.25) is 5.88 Å². The van der Waals surface area contributed by atoms with Crippen LogP contribution in [0.4, 0.5) is 5.82 Å². The Hall–Kier alpha value is -2.30. The second kappa shape index (κ2) is 6.04. The molecule has 0 aliphatic rings. The number of hydrogen-bond donors (Lipinski definition) is 1. The number of rotatable bonds is 5. The van der Waals surface area contributed by atoms with Gasteiger partial charge >= 0.3 is 0 Å². The van der Waals surface area contributed by atoms with E-state index in [4.69, 9.17) is 9.47 Å². The quantitative estimate of drug-likeness (QED) is 0.894. The SMILES string of the molecule is CCNc1ncnc(Oc2cccc(OC)c2)c1C. The number of nitrogens with one attached hydrogen (secondary N) is 1. The van der Waals surface area contributed by atoms with Crippen molar-refractivity contribution in [3.8, 4) is 17.4 Å². The Morgan fingerprint density at radius 3 is 2.74 bits per heavy atom. The molecule has 0 spiro atoms. The Labute approximate surface area is 112 Å². The fraction of sp³-hybridized carbons (Fsp3) is 0.286. The second-order valence-electron chi connectivity index (χ2n) is 3.96. The molecule has 0 atom stereocenters. The molecule has 1 heterocycles. The highest BCUT2D eigenvalue weighted by Crippen LogP contribution is 2.27. The third kappa shape index (κ3) is 3.13. The van der Waals surface area contributed by atoms with Crippen molar-refractivity contribution in [1.82, 2.24) is 9.97 Å². The lowest BCUT2D eigenvalue weighted by Crippen LogP contribution is -2.03. The largest absolute Gasteiger partial charge is 0.497 e. The van der Waals surface area contributed by atoms with Crippen LogP contribution in [0.1, 0.15) is 12.5 Å². The van der Waals surface area contributed by atoms with Crippen molar-refractivity contribution in [3.63, 3.8) is 0 Å². The molecule has 0 fully saturated rings. The predicted octanol–water partition coefficient (Wildman–Crippen LogP) is 3.02. The average molecular weight is 259 g/mol. The molecule has 2 rings (SSSR count). The topological polar surface area (TPSA) is 56.3 Å². The summed E-state index contributed by atoms with van der Waals surface area (Å²) in [6.45, 7) is 4.74. The molecule has 100 valence electrons. The molecule has 0 aliphatic heterocycles. The van der Waals surface area contributed by atoms with Gasteiger partial charge in [-0.2, -0.15) is 0 Å². The number of methoxy groups -OCH3 is 1. The number of benzene rings is 1. The van der Waals surface area contributed by atoms with Gasteiger partial charge in [-0.15, -0.1) is 0 Å². The summed E-state index contributed by atoms with van der Waals surface area (Å²) in [6, 6.07) is 7.41. The molecule has 5 heteroatoms. The first-order valence-electron chi connectivity index (χ1n) is 6.12. The van der Waals surface area contributed by atoms with Crippen LogP contribution < -0.4 is 14.8 Å². The Kier molecular flexibility index (Phi) is 4.18. The summed E-state index contributed by atoms with van der Waals surface area (Å²) >= 11 is 0. The summed E-state index contributed by atoms with van der Waals surface area (Å²) < 4.78 is 10.9. The van der Waals surface area contributed by atoms with Crippen LogP contribution in [-0.2, 0) is 0 Å². The minimum Gasteiger partial charge on any atom is -0.497 e. The number of anilines is 1. The fourth-order valence-electron chi connectivity index (χ4n) is 1.66. The molecule has 1 aromatic carbocycles. The van der Waals surface area contributed by atoms with Crippen LogP contribution in [0.3, 0.4) is 0 Å². The highest BCUT2D eigenvalue weighted by Gasteiger charge is 2.08. The Morgan fingerprint density at radius 1 is 1.21 bits per heavy atom. The first-order valence-corrected chi connectivity index (χ1v) is 6.12. The molecule has 1 aromatic heterocycles. The normalized spacial score (nSPS) is 10.1. The van der Waals surface area contributed by atoms with Crippen LogP contribution in [-0.4, -0.2) is 23.6 Å². The molecule has 0 unspecified atom stereocenters.